The maximum atomic E-state index is 12.6. The number of aliphatic carboxylic acids is 1. The summed E-state index contributed by atoms with van der Waals surface area (Å²) in [5, 5.41) is 11.9. The lowest BCUT2D eigenvalue weighted by Crippen LogP contribution is -2.26. The van der Waals surface area contributed by atoms with Crippen LogP contribution in [0.5, 0.6) is 0 Å². The number of carboxylic acids is 1. The van der Waals surface area contributed by atoms with Gasteiger partial charge in [0, 0.05) is 24.0 Å². The summed E-state index contributed by atoms with van der Waals surface area (Å²) in [5.41, 5.74) is 1.26. The molecule has 0 aliphatic heterocycles. The van der Waals surface area contributed by atoms with Gasteiger partial charge in [-0.05, 0) is 41.8 Å². The third-order valence-electron chi connectivity index (χ3n) is 5.22. The van der Waals surface area contributed by atoms with Crippen LogP contribution < -0.4 is 10.2 Å². The number of carboxylic acid groups (broad SMARTS) is 1. The molecule has 0 aromatic heterocycles. The first-order valence-electron chi connectivity index (χ1n) is 8.70. The summed E-state index contributed by atoms with van der Waals surface area (Å²) >= 11 is 0. The minimum absolute atomic E-state index is 0.159. The van der Waals surface area contributed by atoms with Gasteiger partial charge in [-0.15, -0.1) is 0 Å². The van der Waals surface area contributed by atoms with E-state index in [0.717, 1.165) is 5.69 Å². The molecule has 1 fully saturated rings. The quantitative estimate of drug-likeness (QED) is 0.850. The van der Waals surface area contributed by atoms with Crippen molar-refractivity contribution in [2.24, 2.45) is 17.3 Å². The minimum atomic E-state index is -0.954. The van der Waals surface area contributed by atoms with Crippen molar-refractivity contribution in [3.05, 3.63) is 60.2 Å². The van der Waals surface area contributed by atoms with Gasteiger partial charge in [-0.25, -0.2) is 0 Å². The number of nitrogens with zero attached hydrogens (tertiary/aromatic N) is 1. The van der Waals surface area contributed by atoms with Crippen LogP contribution in [0.4, 0.5) is 11.4 Å². The maximum Gasteiger partial charge on any atom is 0.307 e. The fourth-order valence-corrected chi connectivity index (χ4v) is 3.47. The molecule has 2 N–H and O–H groups in total. The Hall–Kier alpha value is -3.15. The molecule has 1 aliphatic carbocycles. The van der Waals surface area contributed by atoms with Crippen LogP contribution >= 0.6 is 0 Å². The summed E-state index contributed by atoms with van der Waals surface area (Å²) in [6, 6.07) is 15.9. The summed E-state index contributed by atoms with van der Waals surface area (Å²) in [6.45, 7) is 3.55. The van der Waals surface area contributed by atoms with Crippen LogP contribution in [-0.2, 0) is 9.59 Å². The van der Waals surface area contributed by atoms with Crippen molar-refractivity contribution in [3.8, 4) is 0 Å². The van der Waals surface area contributed by atoms with Crippen LogP contribution in [-0.4, -0.2) is 29.9 Å². The Morgan fingerprint density at radius 3 is 2.07 bits per heavy atom. The minimum Gasteiger partial charge on any atom is -0.481 e. The van der Waals surface area contributed by atoms with Crippen molar-refractivity contribution in [2.75, 3.05) is 17.3 Å². The summed E-state index contributed by atoms with van der Waals surface area (Å²) in [4.78, 5) is 37.7. The number of amides is 2. The maximum absolute atomic E-state index is 12.6. The van der Waals surface area contributed by atoms with Gasteiger partial charge < -0.3 is 15.3 Å². The third kappa shape index (κ3) is 3.56. The molecular formula is C21H22N2O4. The summed E-state index contributed by atoms with van der Waals surface area (Å²) in [5.74, 6) is -2.65. The van der Waals surface area contributed by atoms with Gasteiger partial charge >= 0.3 is 5.97 Å². The van der Waals surface area contributed by atoms with E-state index < -0.39 is 23.2 Å². The second kappa shape index (κ2) is 6.87. The highest BCUT2D eigenvalue weighted by Crippen LogP contribution is 2.58. The summed E-state index contributed by atoms with van der Waals surface area (Å²) in [6.07, 6.45) is 0. The summed E-state index contributed by atoms with van der Waals surface area (Å²) in [7, 11) is 1.70. The second-order valence-electron chi connectivity index (χ2n) is 7.38. The van der Waals surface area contributed by atoms with Crippen LogP contribution in [0.1, 0.15) is 24.2 Å². The van der Waals surface area contributed by atoms with Crippen LogP contribution in [0.2, 0.25) is 0 Å². The van der Waals surface area contributed by atoms with Gasteiger partial charge in [-0.2, -0.15) is 0 Å². The van der Waals surface area contributed by atoms with E-state index in [1.54, 1.807) is 50.1 Å². The zero-order valence-electron chi connectivity index (χ0n) is 15.5. The number of hydrogen-bond acceptors (Lipinski definition) is 3. The topological polar surface area (TPSA) is 86.7 Å². The monoisotopic (exact) mass is 366 g/mol. The lowest BCUT2D eigenvalue weighted by Gasteiger charge is -2.17. The van der Waals surface area contributed by atoms with E-state index in [2.05, 4.69) is 5.32 Å². The molecule has 6 heteroatoms. The largest absolute Gasteiger partial charge is 0.481 e. The van der Waals surface area contributed by atoms with Crippen molar-refractivity contribution in [3.63, 3.8) is 0 Å². The molecule has 0 saturated heterocycles. The number of anilines is 2. The number of hydrogen-bond donors (Lipinski definition) is 2. The Kier molecular flexibility index (Phi) is 4.74. The first-order chi connectivity index (χ1) is 12.7. The van der Waals surface area contributed by atoms with Gasteiger partial charge in [0.15, 0.2) is 0 Å². The van der Waals surface area contributed by atoms with E-state index in [-0.39, 0.29) is 11.8 Å². The van der Waals surface area contributed by atoms with Gasteiger partial charge in [-0.3, -0.25) is 14.4 Å². The van der Waals surface area contributed by atoms with Crippen LogP contribution in [0.25, 0.3) is 0 Å². The van der Waals surface area contributed by atoms with Crippen molar-refractivity contribution in [1.82, 2.24) is 0 Å². The van der Waals surface area contributed by atoms with E-state index in [1.165, 1.54) is 0 Å². The molecule has 140 valence electrons. The number of carbonyl (C=O) groups excluding carboxylic acids is 2. The van der Waals surface area contributed by atoms with Crippen molar-refractivity contribution >= 4 is 29.2 Å². The molecule has 2 aromatic carbocycles. The fraction of sp³-hybridized carbons (Fsp3) is 0.286. The first kappa shape index (κ1) is 18.6. The van der Waals surface area contributed by atoms with Crippen molar-refractivity contribution < 1.29 is 19.5 Å². The van der Waals surface area contributed by atoms with Crippen molar-refractivity contribution in [1.29, 1.82) is 0 Å². The number of carbonyl (C=O) groups is 3. The van der Waals surface area contributed by atoms with Gasteiger partial charge in [0.05, 0.1) is 11.8 Å². The third-order valence-corrected chi connectivity index (χ3v) is 5.22. The fourth-order valence-electron chi connectivity index (χ4n) is 3.47. The molecule has 1 aliphatic rings. The zero-order valence-corrected chi connectivity index (χ0v) is 15.5. The lowest BCUT2D eigenvalue weighted by atomic mass is 10.1. The molecule has 27 heavy (non-hydrogen) atoms. The predicted molar refractivity (Wildman–Crippen MR) is 103 cm³/mol. The molecule has 0 heterocycles. The zero-order chi connectivity index (χ0) is 19.8. The molecule has 2 aromatic rings. The smallest absolute Gasteiger partial charge is 0.307 e. The Balaban J connectivity index is 1.66. The van der Waals surface area contributed by atoms with Crippen LogP contribution in [0, 0.1) is 17.3 Å². The SMILES string of the molecule is CN(C(=O)c1ccc(NC(=O)C2C(C(=O)O)C2(C)C)cc1)c1ccccc1. The van der Waals surface area contributed by atoms with Crippen molar-refractivity contribution in [2.45, 2.75) is 13.8 Å². The molecular weight excluding hydrogens is 344 g/mol. The molecule has 3 rings (SSSR count). The van der Waals surface area contributed by atoms with Gasteiger partial charge in [0.25, 0.3) is 5.91 Å². The predicted octanol–water partition coefficient (Wildman–Crippen LogP) is 3.26. The lowest BCUT2D eigenvalue weighted by molar-refractivity contribution is -0.140. The van der Waals surface area contributed by atoms with E-state index in [1.807, 2.05) is 30.3 Å². The van der Waals surface area contributed by atoms with E-state index in [4.69, 9.17) is 0 Å². The highest BCUT2D eigenvalue weighted by atomic mass is 16.4. The molecule has 2 amide bonds. The highest BCUT2D eigenvalue weighted by molar-refractivity contribution is 6.06. The standard InChI is InChI=1S/C21H22N2O4/c1-21(2)16(17(21)20(26)27)18(24)22-14-11-9-13(10-12-14)19(25)23(3)15-7-5-4-6-8-15/h4-12,16-17H,1-3H3,(H,22,24)(H,26,27). The average molecular weight is 366 g/mol. The Morgan fingerprint density at radius 1 is 0.963 bits per heavy atom. The van der Waals surface area contributed by atoms with Gasteiger partial charge in [0.1, 0.15) is 0 Å². The van der Waals surface area contributed by atoms with Crippen LogP contribution in [0.3, 0.4) is 0 Å². The number of nitrogens with one attached hydrogen (secondary N) is 1. The number of rotatable bonds is 5. The molecule has 0 bridgehead atoms. The van der Waals surface area contributed by atoms with E-state index in [9.17, 15) is 19.5 Å². The Labute approximate surface area is 157 Å². The van der Waals surface area contributed by atoms with Gasteiger partial charge in [-0.1, -0.05) is 32.0 Å². The first-order valence-corrected chi connectivity index (χ1v) is 8.70. The number of para-hydroxylation sites is 1. The van der Waals surface area contributed by atoms with Gasteiger partial charge in [0.2, 0.25) is 5.91 Å². The summed E-state index contributed by atoms with van der Waals surface area (Å²) < 4.78 is 0. The van der Waals surface area contributed by atoms with E-state index in [0.29, 0.717) is 11.3 Å². The Bertz CT molecular complexity index is 875. The second-order valence-corrected chi connectivity index (χ2v) is 7.38. The molecule has 0 spiro atoms. The molecule has 6 nitrogen and oxygen atoms in total. The molecule has 2 atom stereocenters. The normalized spacial score (nSPS) is 19.8. The molecule has 0 radical (unpaired) electrons. The molecule has 1 saturated carbocycles. The molecule has 2 unspecified atom stereocenters. The van der Waals surface area contributed by atoms with Crippen LogP contribution in [0.15, 0.2) is 54.6 Å². The average Bonchev–Trinajstić information content (AvgIpc) is 3.24. The highest BCUT2D eigenvalue weighted by Gasteiger charge is 2.65. The van der Waals surface area contributed by atoms with E-state index >= 15 is 0 Å². The number of benzene rings is 2. The Morgan fingerprint density at radius 2 is 1.56 bits per heavy atom.